The van der Waals surface area contributed by atoms with E-state index >= 15 is 0 Å². The van der Waals surface area contributed by atoms with Crippen molar-refractivity contribution in [1.29, 1.82) is 0 Å². The average Bonchev–Trinajstić information content (AvgIpc) is 2.31. The Kier molecular flexibility index (Phi) is 4.87. The molecule has 0 fully saturated rings. The summed E-state index contributed by atoms with van der Waals surface area (Å²) in [6.07, 6.45) is 1.70. The number of rotatable bonds is 6. The van der Waals surface area contributed by atoms with Gasteiger partial charge in [-0.25, -0.2) is 0 Å². The maximum Gasteiger partial charge on any atom is 0.118 e. The van der Waals surface area contributed by atoms with Gasteiger partial charge in [0.05, 0.1) is 13.7 Å². The number of nitrogens with one attached hydrogen (secondary N) is 1. The lowest BCUT2D eigenvalue weighted by Crippen LogP contribution is -2.29. The molecule has 1 aromatic carbocycles. The molecule has 0 aliphatic heterocycles. The number of methoxy groups -OCH3 is 1. The number of hydrogen-bond donors (Lipinski definition) is 2. The van der Waals surface area contributed by atoms with Crippen LogP contribution in [0.25, 0.3) is 0 Å². The molecule has 0 aromatic heterocycles. The summed E-state index contributed by atoms with van der Waals surface area (Å²) in [4.78, 5) is 0. The zero-order chi connectivity index (χ0) is 11.1. The summed E-state index contributed by atoms with van der Waals surface area (Å²) in [5.41, 5.74) is 1.15. The van der Waals surface area contributed by atoms with Gasteiger partial charge in [-0.2, -0.15) is 0 Å². The van der Waals surface area contributed by atoms with E-state index in [4.69, 9.17) is 9.84 Å². The van der Waals surface area contributed by atoms with Gasteiger partial charge in [0.15, 0.2) is 0 Å². The molecule has 0 spiro atoms. The number of ether oxygens (including phenoxy) is 1. The SMILES string of the molecule is C=C[C@@H](CO)NCc1ccc(OC)cc1. The van der Waals surface area contributed by atoms with Crippen molar-refractivity contribution in [3.8, 4) is 5.75 Å². The van der Waals surface area contributed by atoms with E-state index in [9.17, 15) is 0 Å². The predicted molar refractivity (Wildman–Crippen MR) is 60.9 cm³/mol. The van der Waals surface area contributed by atoms with Gasteiger partial charge in [-0.1, -0.05) is 18.2 Å². The molecule has 0 saturated carbocycles. The summed E-state index contributed by atoms with van der Waals surface area (Å²) in [7, 11) is 1.65. The van der Waals surface area contributed by atoms with Crippen molar-refractivity contribution in [3.63, 3.8) is 0 Å². The third-order valence-electron chi connectivity index (χ3n) is 2.21. The molecule has 2 N–H and O–H groups in total. The zero-order valence-corrected chi connectivity index (χ0v) is 8.94. The van der Waals surface area contributed by atoms with Crippen LogP contribution in [0.3, 0.4) is 0 Å². The van der Waals surface area contributed by atoms with Crippen LogP contribution in [0.2, 0.25) is 0 Å². The van der Waals surface area contributed by atoms with Crippen LogP contribution in [0.1, 0.15) is 5.56 Å². The smallest absolute Gasteiger partial charge is 0.118 e. The first-order chi connectivity index (χ1) is 7.30. The molecule has 0 aliphatic carbocycles. The summed E-state index contributed by atoms with van der Waals surface area (Å²) >= 11 is 0. The minimum absolute atomic E-state index is 0.0490. The van der Waals surface area contributed by atoms with Crippen LogP contribution in [0, 0.1) is 0 Å². The lowest BCUT2D eigenvalue weighted by Gasteiger charge is -2.11. The van der Waals surface area contributed by atoms with E-state index in [1.54, 1.807) is 13.2 Å². The van der Waals surface area contributed by atoms with Crippen molar-refractivity contribution in [1.82, 2.24) is 5.32 Å². The molecule has 0 aliphatic rings. The van der Waals surface area contributed by atoms with Gasteiger partial charge in [0.25, 0.3) is 0 Å². The molecule has 3 heteroatoms. The van der Waals surface area contributed by atoms with Gasteiger partial charge in [0.2, 0.25) is 0 Å². The standard InChI is InChI=1S/C12H17NO2/c1-3-11(9-14)13-8-10-4-6-12(15-2)7-5-10/h3-7,11,13-14H,1,8-9H2,2H3/t11-/m0/s1. The Morgan fingerprint density at radius 2 is 2.13 bits per heavy atom. The molecule has 3 nitrogen and oxygen atoms in total. The summed E-state index contributed by atoms with van der Waals surface area (Å²) in [6, 6.07) is 7.76. The Bertz CT molecular complexity index is 295. The van der Waals surface area contributed by atoms with E-state index in [1.807, 2.05) is 24.3 Å². The second kappa shape index (κ2) is 6.22. The Morgan fingerprint density at radius 1 is 1.47 bits per heavy atom. The molecular weight excluding hydrogens is 190 g/mol. The van der Waals surface area contributed by atoms with Crippen LogP contribution >= 0.6 is 0 Å². The van der Waals surface area contributed by atoms with Crippen LogP contribution in [0.5, 0.6) is 5.75 Å². The minimum Gasteiger partial charge on any atom is -0.497 e. The third-order valence-corrected chi connectivity index (χ3v) is 2.21. The minimum atomic E-state index is -0.0490. The highest BCUT2D eigenvalue weighted by atomic mass is 16.5. The van der Waals surface area contributed by atoms with Crippen LogP contribution in [0.4, 0.5) is 0 Å². The number of aliphatic hydroxyl groups excluding tert-OH is 1. The molecule has 0 unspecified atom stereocenters. The van der Waals surface area contributed by atoms with Gasteiger partial charge in [0.1, 0.15) is 5.75 Å². The molecule has 15 heavy (non-hydrogen) atoms. The second-order valence-electron chi connectivity index (χ2n) is 3.25. The molecule has 0 radical (unpaired) electrons. The Morgan fingerprint density at radius 3 is 2.60 bits per heavy atom. The highest BCUT2D eigenvalue weighted by Gasteiger charge is 2.00. The van der Waals surface area contributed by atoms with Crippen molar-refractivity contribution in [2.24, 2.45) is 0 Å². The number of benzene rings is 1. The first kappa shape index (κ1) is 11.8. The lowest BCUT2D eigenvalue weighted by atomic mass is 10.2. The molecular formula is C12H17NO2. The predicted octanol–water partition coefficient (Wildman–Crippen LogP) is 1.33. The first-order valence-corrected chi connectivity index (χ1v) is 4.90. The van der Waals surface area contributed by atoms with E-state index in [0.29, 0.717) is 6.54 Å². The fraction of sp³-hybridized carbons (Fsp3) is 0.333. The zero-order valence-electron chi connectivity index (χ0n) is 8.94. The van der Waals surface area contributed by atoms with Gasteiger partial charge in [-0.3, -0.25) is 0 Å². The Labute approximate surface area is 90.4 Å². The van der Waals surface area contributed by atoms with E-state index in [1.165, 1.54) is 0 Å². The number of hydrogen-bond acceptors (Lipinski definition) is 3. The van der Waals surface area contributed by atoms with Gasteiger partial charge < -0.3 is 15.2 Å². The van der Waals surface area contributed by atoms with Gasteiger partial charge in [-0.05, 0) is 17.7 Å². The van der Waals surface area contributed by atoms with Crippen molar-refractivity contribution < 1.29 is 9.84 Å². The summed E-state index contributed by atoms with van der Waals surface area (Å²) in [6.45, 7) is 4.41. The molecule has 1 atom stereocenters. The normalized spacial score (nSPS) is 12.1. The second-order valence-corrected chi connectivity index (χ2v) is 3.25. The Balaban J connectivity index is 2.46. The van der Waals surface area contributed by atoms with E-state index in [2.05, 4.69) is 11.9 Å². The maximum atomic E-state index is 8.93. The van der Waals surface area contributed by atoms with Crippen LogP contribution < -0.4 is 10.1 Å². The summed E-state index contributed by atoms with van der Waals surface area (Å²) in [5, 5.41) is 12.1. The molecule has 82 valence electrons. The molecule has 1 rings (SSSR count). The summed E-state index contributed by atoms with van der Waals surface area (Å²) in [5.74, 6) is 0.848. The molecule has 0 saturated heterocycles. The van der Waals surface area contributed by atoms with Gasteiger partial charge in [-0.15, -0.1) is 6.58 Å². The van der Waals surface area contributed by atoms with Gasteiger partial charge in [0, 0.05) is 12.6 Å². The topological polar surface area (TPSA) is 41.5 Å². The first-order valence-electron chi connectivity index (χ1n) is 4.90. The molecule has 1 aromatic rings. The van der Waals surface area contributed by atoms with Gasteiger partial charge >= 0.3 is 0 Å². The summed E-state index contributed by atoms with van der Waals surface area (Å²) < 4.78 is 5.06. The van der Waals surface area contributed by atoms with Crippen LogP contribution in [-0.4, -0.2) is 24.9 Å². The van der Waals surface area contributed by atoms with E-state index < -0.39 is 0 Å². The highest BCUT2D eigenvalue weighted by molar-refractivity contribution is 5.27. The monoisotopic (exact) mass is 207 g/mol. The fourth-order valence-electron chi connectivity index (χ4n) is 1.21. The Hall–Kier alpha value is -1.32. The third kappa shape index (κ3) is 3.73. The lowest BCUT2D eigenvalue weighted by molar-refractivity contribution is 0.264. The average molecular weight is 207 g/mol. The maximum absolute atomic E-state index is 8.93. The molecule has 0 amide bonds. The van der Waals surface area contributed by atoms with Crippen molar-refractivity contribution in [2.75, 3.05) is 13.7 Å². The van der Waals surface area contributed by atoms with E-state index in [0.717, 1.165) is 11.3 Å². The molecule has 0 heterocycles. The quantitative estimate of drug-likeness (QED) is 0.691. The number of aliphatic hydroxyl groups is 1. The molecule has 0 bridgehead atoms. The highest BCUT2D eigenvalue weighted by Crippen LogP contribution is 2.10. The van der Waals surface area contributed by atoms with Crippen molar-refractivity contribution in [2.45, 2.75) is 12.6 Å². The van der Waals surface area contributed by atoms with Crippen LogP contribution in [0.15, 0.2) is 36.9 Å². The van der Waals surface area contributed by atoms with Crippen molar-refractivity contribution in [3.05, 3.63) is 42.5 Å². The fourth-order valence-corrected chi connectivity index (χ4v) is 1.21. The van der Waals surface area contributed by atoms with E-state index in [-0.39, 0.29) is 12.6 Å². The largest absolute Gasteiger partial charge is 0.497 e. The van der Waals surface area contributed by atoms with Crippen molar-refractivity contribution >= 4 is 0 Å². The van der Waals surface area contributed by atoms with Crippen LogP contribution in [-0.2, 0) is 6.54 Å².